The molecule has 6 nitrogen and oxygen atoms in total. The van der Waals surface area contributed by atoms with Crippen molar-refractivity contribution >= 4 is 17.6 Å². The maximum absolute atomic E-state index is 8.89. The maximum atomic E-state index is 8.89. The zero-order chi connectivity index (χ0) is 13.2. The fourth-order valence-corrected chi connectivity index (χ4v) is 3.02. The number of pyridine rings is 1. The van der Waals surface area contributed by atoms with Crippen molar-refractivity contribution in [2.45, 2.75) is 29.4 Å². The Morgan fingerprint density at radius 3 is 3.11 bits per heavy atom. The van der Waals surface area contributed by atoms with E-state index in [0.29, 0.717) is 10.6 Å². The first-order chi connectivity index (χ1) is 9.28. The van der Waals surface area contributed by atoms with Gasteiger partial charge >= 0.3 is 0 Å². The molecule has 0 atom stereocenters. The highest BCUT2D eigenvalue weighted by molar-refractivity contribution is 7.99. The number of nitrogens with one attached hydrogen (secondary N) is 1. The highest BCUT2D eigenvalue weighted by Crippen LogP contribution is 2.30. The van der Waals surface area contributed by atoms with E-state index in [4.69, 9.17) is 10.9 Å². The van der Waals surface area contributed by atoms with Gasteiger partial charge in [0.2, 0.25) is 0 Å². The molecule has 0 spiro atoms. The Bertz CT molecular complexity index is 623. The molecule has 0 saturated heterocycles. The van der Waals surface area contributed by atoms with Crippen molar-refractivity contribution in [2.75, 3.05) is 0 Å². The topological polar surface area (TPSA) is 100 Å². The van der Waals surface area contributed by atoms with Crippen LogP contribution >= 0.6 is 11.8 Å². The molecule has 7 heteroatoms. The van der Waals surface area contributed by atoms with Crippen LogP contribution in [0, 0.1) is 0 Å². The predicted octanol–water partition coefficient (Wildman–Crippen LogP) is 1.54. The normalized spacial score (nSPS) is 14.6. The number of amidine groups is 1. The molecule has 2 aromatic heterocycles. The van der Waals surface area contributed by atoms with Gasteiger partial charge < -0.3 is 15.9 Å². The number of imidazole rings is 1. The van der Waals surface area contributed by atoms with Crippen LogP contribution in [0.15, 0.2) is 33.8 Å². The van der Waals surface area contributed by atoms with Gasteiger partial charge in [0.15, 0.2) is 11.0 Å². The lowest BCUT2D eigenvalue weighted by atomic mass is 10.1. The van der Waals surface area contributed by atoms with Gasteiger partial charge in [-0.25, -0.2) is 9.97 Å². The zero-order valence-electron chi connectivity index (χ0n) is 10.1. The summed E-state index contributed by atoms with van der Waals surface area (Å²) in [7, 11) is 0. The number of hydrogen-bond acceptors (Lipinski definition) is 5. The molecule has 0 radical (unpaired) electrons. The lowest BCUT2D eigenvalue weighted by molar-refractivity contribution is 0.318. The maximum Gasteiger partial charge on any atom is 0.172 e. The molecule has 0 saturated carbocycles. The molecule has 0 aromatic carbocycles. The van der Waals surface area contributed by atoms with Gasteiger partial charge in [0.1, 0.15) is 5.03 Å². The minimum Gasteiger partial charge on any atom is -0.409 e. The SMILES string of the molecule is N/C(=N/O)c1cc2c(nc1Sc1ncc[nH]1)CCC2. The molecule has 98 valence electrons. The number of aromatic nitrogens is 3. The number of nitrogens with two attached hydrogens (primary N) is 1. The molecule has 0 bridgehead atoms. The van der Waals surface area contributed by atoms with Crippen LogP contribution in [0.25, 0.3) is 0 Å². The van der Waals surface area contributed by atoms with E-state index in [-0.39, 0.29) is 5.84 Å². The van der Waals surface area contributed by atoms with Crippen molar-refractivity contribution in [1.29, 1.82) is 0 Å². The van der Waals surface area contributed by atoms with Gasteiger partial charge in [-0.05, 0) is 42.7 Å². The zero-order valence-corrected chi connectivity index (χ0v) is 10.9. The Morgan fingerprint density at radius 2 is 2.37 bits per heavy atom. The highest BCUT2D eigenvalue weighted by Gasteiger charge is 2.19. The summed E-state index contributed by atoms with van der Waals surface area (Å²) < 4.78 is 0. The van der Waals surface area contributed by atoms with Crippen molar-refractivity contribution in [3.63, 3.8) is 0 Å². The van der Waals surface area contributed by atoms with E-state index in [0.717, 1.165) is 30.1 Å². The van der Waals surface area contributed by atoms with Crippen LogP contribution in [0.5, 0.6) is 0 Å². The molecule has 3 rings (SSSR count). The van der Waals surface area contributed by atoms with Gasteiger partial charge in [-0.1, -0.05) is 5.16 Å². The summed E-state index contributed by atoms with van der Waals surface area (Å²) in [5, 5.41) is 13.4. The number of rotatable bonds is 3. The monoisotopic (exact) mass is 275 g/mol. The number of fused-ring (bicyclic) bond motifs is 1. The Hall–Kier alpha value is -2.02. The van der Waals surface area contributed by atoms with E-state index >= 15 is 0 Å². The molecule has 0 unspecified atom stereocenters. The second-order valence-electron chi connectivity index (χ2n) is 4.28. The molecule has 0 fully saturated rings. The number of oxime groups is 1. The smallest absolute Gasteiger partial charge is 0.172 e. The Balaban J connectivity index is 2.05. The standard InChI is InChI=1S/C12H13N5OS/c13-10(17-18)8-6-7-2-1-3-9(7)16-11(8)19-12-14-4-5-15-12/h4-6,18H,1-3H2,(H2,13,17)(H,14,15). The molecule has 0 aliphatic heterocycles. The fourth-order valence-electron chi connectivity index (χ4n) is 2.17. The second-order valence-corrected chi connectivity index (χ2v) is 5.26. The third-order valence-electron chi connectivity index (χ3n) is 3.07. The largest absolute Gasteiger partial charge is 0.409 e. The molecular formula is C12H13N5OS. The molecule has 1 aliphatic rings. The van der Waals surface area contributed by atoms with Crippen LogP contribution in [-0.4, -0.2) is 26.0 Å². The van der Waals surface area contributed by atoms with Crippen LogP contribution in [-0.2, 0) is 12.8 Å². The summed E-state index contributed by atoms with van der Waals surface area (Å²) in [4.78, 5) is 11.8. The quantitative estimate of drug-likeness (QED) is 0.341. The lowest BCUT2D eigenvalue weighted by Crippen LogP contribution is -2.16. The van der Waals surface area contributed by atoms with Crippen LogP contribution in [0.1, 0.15) is 23.2 Å². The first kappa shape index (κ1) is 12.0. The molecule has 2 aromatic rings. The van der Waals surface area contributed by atoms with Crippen LogP contribution < -0.4 is 5.73 Å². The van der Waals surface area contributed by atoms with Crippen molar-refractivity contribution in [1.82, 2.24) is 15.0 Å². The third kappa shape index (κ3) is 2.28. The number of nitrogens with zero attached hydrogens (tertiary/aromatic N) is 3. The summed E-state index contributed by atoms with van der Waals surface area (Å²) in [5.74, 6) is 0.0799. The summed E-state index contributed by atoms with van der Waals surface area (Å²) in [5.41, 5.74) is 8.68. The molecule has 2 heterocycles. The molecular weight excluding hydrogens is 262 g/mol. The highest BCUT2D eigenvalue weighted by atomic mass is 32.2. The van der Waals surface area contributed by atoms with Gasteiger partial charge in [0, 0.05) is 18.1 Å². The summed E-state index contributed by atoms with van der Waals surface area (Å²) in [6.07, 6.45) is 6.52. The Labute approximate surface area is 114 Å². The molecule has 4 N–H and O–H groups in total. The van der Waals surface area contributed by atoms with E-state index in [1.165, 1.54) is 17.3 Å². The van der Waals surface area contributed by atoms with Gasteiger partial charge in [-0.2, -0.15) is 0 Å². The van der Waals surface area contributed by atoms with Gasteiger partial charge in [0.05, 0.1) is 5.56 Å². The minimum absolute atomic E-state index is 0.0799. The molecule has 19 heavy (non-hydrogen) atoms. The number of aryl methyl sites for hydroxylation is 2. The summed E-state index contributed by atoms with van der Waals surface area (Å²) >= 11 is 1.38. The van der Waals surface area contributed by atoms with Crippen LogP contribution in [0.3, 0.4) is 0 Å². The van der Waals surface area contributed by atoms with E-state index in [1.54, 1.807) is 12.4 Å². The second kappa shape index (κ2) is 4.93. The van der Waals surface area contributed by atoms with Crippen LogP contribution in [0.4, 0.5) is 0 Å². The van der Waals surface area contributed by atoms with Crippen molar-refractivity contribution in [3.8, 4) is 0 Å². The van der Waals surface area contributed by atoms with E-state index < -0.39 is 0 Å². The lowest BCUT2D eigenvalue weighted by Gasteiger charge is -2.09. The Kier molecular flexibility index (Phi) is 3.12. The van der Waals surface area contributed by atoms with Crippen molar-refractivity contribution in [2.24, 2.45) is 10.9 Å². The third-order valence-corrected chi connectivity index (χ3v) is 3.99. The van der Waals surface area contributed by atoms with Gasteiger partial charge in [0.25, 0.3) is 0 Å². The molecule has 1 aliphatic carbocycles. The summed E-state index contributed by atoms with van der Waals surface area (Å²) in [6, 6.07) is 1.97. The average Bonchev–Trinajstić information content (AvgIpc) is 3.07. The van der Waals surface area contributed by atoms with E-state index in [1.807, 2.05) is 6.07 Å². The van der Waals surface area contributed by atoms with E-state index in [2.05, 4.69) is 20.1 Å². The van der Waals surface area contributed by atoms with Crippen molar-refractivity contribution in [3.05, 3.63) is 35.3 Å². The fraction of sp³-hybridized carbons (Fsp3) is 0.250. The van der Waals surface area contributed by atoms with Gasteiger partial charge in [-0.15, -0.1) is 0 Å². The summed E-state index contributed by atoms with van der Waals surface area (Å²) in [6.45, 7) is 0. The Morgan fingerprint density at radius 1 is 1.47 bits per heavy atom. The minimum atomic E-state index is 0.0799. The van der Waals surface area contributed by atoms with Gasteiger partial charge in [-0.3, -0.25) is 0 Å². The number of hydrogen-bond donors (Lipinski definition) is 3. The van der Waals surface area contributed by atoms with E-state index in [9.17, 15) is 0 Å². The number of aromatic amines is 1. The first-order valence-corrected chi connectivity index (χ1v) is 6.77. The average molecular weight is 275 g/mol. The predicted molar refractivity (Wildman–Crippen MR) is 71.5 cm³/mol. The van der Waals surface area contributed by atoms with Crippen molar-refractivity contribution < 1.29 is 5.21 Å². The van der Waals surface area contributed by atoms with Crippen LogP contribution in [0.2, 0.25) is 0 Å². The number of H-pyrrole nitrogens is 1. The molecule has 0 amide bonds. The first-order valence-electron chi connectivity index (χ1n) is 5.96.